The lowest BCUT2D eigenvalue weighted by molar-refractivity contribution is 0.0601. The van der Waals surface area contributed by atoms with Crippen molar-refractivity contribution in [2.24, 2.45) is 0 Å². The zero-order valence-corrected chi connectivity index (χ0v) is 12.4. The van der Waals surface area contributed by atoms with Gasteiger partial charge in [0, 0.05) is 31.4 Å². The van der Waals surface area contributed by atoms with Gasteiger partial charge in [-0.3, -0.25) is 0 Å². The van der Waals surface area contributed by atoms with Gasteiger partial charge in [0.05, 0.1) is 12.7 Å². The summed E-state index contributed by atoms with van der Waals surface area (Å²) in [5.74, 6) is -0.280. The fourth-order valence-electron chi connectivity index (χ4n) is 2.63. The van der Waals surface area contributed by atoms with Crippen LogP contribution in [0.1, 0.15) is 36.5 Å². The molecule has 1 aliphatic rings. The second-order valence-electron chi connectivity index (χ2n) is 5.28. The Morgan fingerprint density at radius 3 is 2.80 bits per heavy atom. The largest absolute Gasteiger partial charge is 0.465 e. The molecule has 1 fully saturated rings. The Labute approximate surface area is 121 Å². The number of unbranched alkanes of at least 4 members (excludes halogenated alkanes) is 1. The summed E-state index contributed by atoms with van der Waals surface area (Å²) >= 11 is 0. The van der Waals surface area contributed by atoms with Crippen LogP contribution in [-0.2, 0) is 4.74 Å². The van der Waals surface area contributed by atoms with Crippen LogP contribution in [0.5, 0.6) is 0 Å². The molecule has 0 aromatic heterocycles. The minimum atomic E-state index is -0.280. The molecule has 0 radical (unpaired) electrons. The molecule has 1 aliphatic heterocycles. The van der Waals surface area contributed by atoms with Crippen molar-refractivity contribution in [3.8, 4) is 0 Å². The van der Waals surface area contributed by atoms with Gasteiger partial charge in [-0.2, -0.15) is 0 Å². The number of benzene rings is 1. The normalized spacial score (nSPS) is 18.9. The predicted octanol–water partition coefficient (Wildman–Crippen LogP) is 2.44. The lowest BCUT2D eigenvalue weighted by Gasteiger charge is -2.35. The molecule has 1 saturated heterocycles. The maximum absolute atomic E-state index is 11.4. The van der Waals surface area contributed by atoms with Gasteiger partial charge in [0.1, 0.15) is 0 Å². The number of ether oxygens (including phenoxy) is 1. The van der Waals surface area contributed by atoms with Crippen LogP contribution in [-0.4, -0.2) is 38.8 Å². The number of methoxy groups -OCH3 is 1. The molecule has 1 atom stereocenters. The van der Waals surface area contributed by atoms with Gasteiger partial charge in [-0.05, 0) is 30.7 Å². The van der Waals surface area contributed by atoms with Crippen molar-refractivity contribution in [1.29, 1.82) is 0 Å². The standard InChI is InChI=1S/C16H24N2O2/c1-3-4-5-14-12-18(11-10-17-14)15-8-6-13(7-9-15)16(19)20-2/h6-9,14,17H,3-5,10-12H2,1-2H3/t14-/m0/s1. The molecule has 1 heterocycles. The number of carbonyl (C=O) groups excluding carboxylic acids is 1. The number of hydrogen-bond acceptors (Lipinski definition) is 4. The van der Waals surface area contributed by atoms with Gasteiger partial charge in [-0.25, -0.2) is 4.79 Å². The average Bonchev–Trinajstić information content (AvgIpc) is 2.52. The van der Waals surface area contributed by atoms with Crippen LogP contribution in [0.25, 0.3) is 0 Å². The summed E-state index contributed by atoms with van der Waals surface area (Å²) in [4.78, 5) is 13.8. The van der Waals surface area contributed by atoms with Crippen molar-refractivity contribution in [3.05, 3.63) is 29.8 Å². The Balaban J connectivity index is 1.98. The number of esters is 1. The van der Waals surface area contributed by atoms with Crippen LogP contribution in [0.4, 0.5) is 5.69 Å². The van der Waals surface area contributed by atoms with Crippen molar-refractivity contribution < 1.29 is 9.53 Å². The number of nitrogens with zero attached hydrogens (tertiary/aromatic N) is 1. The molecule has 0 aliphatic carbocycles. The first-order valence-corrected chi connectivity index (χ1v) is 7.41. The Morgan fingerprint density at radius 2 is 2.15 bits per heavy atom. The van der Waals surface area contributed by atoms with Crippen LogP contribution < -0.4 is 10.2 Å². The van der Waals surface area contributed by atoms with Crippen molar-refractivity contribution >= 4 is 11.7 Å². The maximum Gasteiger partial charge on any atom is 0.337 e. The van der Waals surface area contributed by atoms with E-state index in [0.29, 0.717) is 11.6 Å². The number of piperazine rings is 1. The Hall–Kier alpha value is -1.55. The van der Waals surface area contributed by atoms with Crippen LogP contribution in [0, 0.1) is 0 Å². The van der Waals surface area contributed by atoms with E-state index in [1.807, 2.05) is 24.3 Å². The highest BCUT2D eigenvalue weighted by molar-refractivity contribution is 5.89. The number of anilines is 1. The summed E-state index contributed by atoms with van der Waals surface area (Å²) in [6.45, 7) is 5.30. The molecule has 2 rings (SSSR count). The van der Waals surface area contributed by atoms with Crippen LogP contribution >= 0.6 is 0 Å². The first-order chi connectivity index (χ1) is 9.74. The van der Waals surface area contributed by atoms with Crippen LogP contribution in [0.15, 0.2) is 24.3 Å². The maximum atomic E-state index is 11.4. The molecule has 1 aromatic carbocycles. The second kappa shape index (κ2) is 7.29. The predicted molar refractivity (Wildman–Crippen MR) is 81.3 cm³/mol. The van der Waals surface area contributed by atoms with Crippen molar-refractivity contribution in [2.75, 3.05) is 31.6 Å². The van der Waals surface area contributed by atoms with E-state index < -0.39 is 0 Å². The van der Waals surface area contributed by atoms with E-state index in [4.69, 9.17) is 4.74 Å². The average molecular weight is 276 g/mol. The number of nitrogens with one attached hydrogen (secondary N) is 1. The molecular formula is C16H24N2O2. The van der Waals surface area contributed by atoms with Crippen molar-refractivity contribution in [3.63, 3.8) is 0 Å². The highest BCUT2D eigenvalue weighted by atomic mass is 16.5. The number of rotatable bonds is 5. The summed E-state index contributed by atoms with van der Waals surface area (Å²) in [5, 5.41) is 3.58. The zero-order chi connectivity index (χ0) is 14.4. The molecule has 20 heavy (non-hydrogen) atoms. The van der Waals surface area contributed by atoms with E-state index >= 15 is 0 Å². The van der Waals surface area contributed by atoms with Gasteiger partial charge in [0.2, 0.25) is 0 Å². The van der Waals surface area contributed by atoms with E-state index in [2.05, 4.69) is 17.1 Å². The number of hydrogen-bond donors (Lipinski definition) is 1. The number of carbonyl (C=O) groups is 1. The van der Waals surface area contributed by atoms with Gasteiger partial charge >= 0.3 is 5.97 Å². The molecule has 1 aromatic rings. The van der Waals surface area contributed by atoms with E-state index in [0.717, 1.165) is 19.6 Å². The van der Waals surface area contributed by atoms with Gasteiger partial charge in [-0.1, -0.05) is 19.8 Å². The van der Waals surface area contributed by atoms with E-state index in [1.54, 1.807) is 0 Å². The first kappa shape index (κ1) is 14.9. The minimum Gasteiger partial charge on any atom is -0.465 e. The van der Waals surface area contributed by atoms with Gasteiger partial charge < -0.3 is 15.0 Å². The van der Waals surface area contributed by atoms with Crippen LogP contribution in [0.3, 0.4) is 0 Å². The second-order valence-corrected chi connectivity index (χ2v) is 5.28. The van der Waals surface area contributed by atoms with E-state index in [9.17, 15) is 4.79 Å². The fraction of sp³-hybridized carbons (Fsp3) is 0.562. The molecule has 0 unspecified atom stereocenters. The Kier molecular flexibility index (Phi) is 5.41. The molecule has 4 nitrogen and oxygen atoms in total. The minimum absolute atomic E-state index is 0.280. The van der Waals surface area contributed by atoms with Crippen molar-refractivity contribution in [1.82, 2.24) is 5.32 Å². The quantitative estimate of drug-likeness (QED) is 0.839. The smallest absolute Gasteiger partial charge is 0.337 e. The van der Waals surface area contributed by atoms with E-state index in [-0.39, 0.29) is 5.97 Å². The molecule has 4 heteroatoms. The van der Waals surface area contributed by atoms with Crippen molar-refractivity contribution in [2.45, 2.75) is 32.2 Å². The third-order valence-corrected chi connectivity index (χ3v) is 3.82. The molecule has 0 saturated carbocycles. The third kappa shape index (κ3) is 3.73. The molecule has 0 bridgehead atoms. The lowest BCUT2D eigenvalue weighted by Crippen LogP contribution is -2.50. The summed E-state index contributed by atoms with van der Waals surface area (Å²) in [5.41, 5.74) is 1.79. The summed E-state index contributed by atoms with van der Waals surface area (Å²) in [7, 11) is 1.41. The Bertz CT molecular complexity index is 431. The molecule has 0 spiro atoms. The zero-order valence-electron chi connectivity index (χ0n) is 12.4. The highest BCUT2D eigenvalue weighted by Crippen LogP contribution is 2.18. The van der Waals surface area contributed by atoms with E-state index in [1.165, 1.54) is 32.1 Å². The lowest BCUT2D eigenvalue weighted by atomic mass is 10.1. The summed E-state index contributed by atoms with van der Waals surface area (Å²) in [6.07, 6.45) is 3.74. The molecule has 1 N–H and O–H groups in total. The summed E-state index contributed by atoms with van der Waals surface area (Å²) in [6, 6.07) is 8.27. The monoisotopic (exact) mass is 276 g/mol. The summed E-state index contributed by atoms with van der Waals surface area (Å²) < 4.78 is 4.72. The molecular weight excluding hydrogens is 252 g/mol. The van der Waals surface area contributed by atoms with Gasteiger partial charge in [0.15, 0.2) is 0 Å². The first-order valence-electron chi connectivity index (χ1n) is 7.41. The van der Waals surface area contributed by atoms with Gasteiger partial charge in [0.25, 0.3) is 0 Å². The Morgan fingerprint density at radius 1 is 1.40 bits per heavy atom. The third-order valence-electron chi connectivity index (χ3n) is 3.82. The highest BCUT2D eigenvalue weighted by Gasteiger charge is 2.19. The fourth-order valence-corrected chi connectivity index (χ4v) is 2.63. The van der Waals surface area contributed by atoms with Crippen LogP contribution in [0.2, 0.25) is 0 Å². The molecule has 110 valence electrons. The topological polar surface area (TPSA) is 41.6 Å². The SMILES string of the molecule is CCCC[C@H]1CN(c2ccc(C(=O)OC)cc2)CCN1. The molecule has 0 amide bonds. The van der Waals surface area contributed by atoms with Gasteiger partial charge in [-0.15, -0.1) is 0 Å².